The van der Waals surface area contributed by atoms with Crippen molar-refractivity contribution in [2.75, 3.05) is 0 Å². The first-order valence-corrected chi connectivity index (χ1v) is 17.6. The molecular formula is C47H34N4. The van der Waals surface area contributed by atoms with Gasteiger partial charge in [-0.1, -0.05) is 134 Å². The molecule has 3 aromatic heterocycles. The number of allylic oxidation sites excluding steroid dienone is 1. The van der Waals surface area contributed by atoms with E-state index in [9.17, 15) is 0 Å². The molecule has 0 aliphatic heterocycles. The van der Waals surface area contributed by atoms with Crippen LogP contribution in [0.25, 0.3) is 72.9 Å². The van der Waals surface area contributed by atoms with E-state index >= 15 is 0 Å². The molecule has 51 heavy (non-hydrogen) atoms. The lowest BCUT2D eigenvalue weighted by atomic mass is 9.78. The fraction of sp³-hybridized carbons (Fsp3) is 0.0638. The van der Waals surface area contributed by atoms with Crippen LogP contribution in [0.1, 0.15) is 35.6 Å². The molecule has 242 valence electrons. The summed E-state index contributed by atoms with van der Waals surface area (Å²) < 4.78 is 4.65. The minimum absolute atomic E-state index is 0.205. The molecule has 6 aromatic carbocycles. The van der Waals surface area contributed by atoms with E-state index < -0.39 is 0 Å². The summed E-state index contributed by atoms with van der Waals surface area (Å²) in [4.78, 5) is 10.5. The maximum absolute atomic E-state index is 5.24. The minimum Gasteiger partial charge on any atom is -0.309 e. The van der Waals surface area contributed by atoms with Gasteiger partial charge in [0.15, 0.2) is 0 Å². The van der Waals surface area contributed by atoms with Crippen LogP contribution in [0.5, 0.6) is 0 Å². The molecule has 0 saturated carbocycles. The van der Waals surface area contributed by atoms with Crippen molar-refractivity contribution in [1.82, 2.24) is 19.1 Å². The van der Waals surface area contributed by atoms with Crippen LogP contribution in [0.4, 0.5) is 0 Å². The molecule has 0 bridgehead atoms. The zero-order valence-electron chi connectivity index (χ0n) is 28.2. The zero-order chi connectivity index (χ0) is 33.9. The van der Waals surface area contributed by atoms with Crippen LogP contribution >= 0.6 is 0 Å². The summed E-state index contributed by atoms with van der Waals surface area (Å²) >= 11 is 0. The second-order valence-electron chi connectivity index (χ2n) is 13.5. The van der Waals surface area contributed by atoms with E-state index in [4.69, 9.17) is 9.97 Å². The lowest BCUT2D eigenvalue weighted by molar-refractivity contribution is 0.671. The van der Waals surface area contributed by atoms with Gasteiger partial charge in [-0.15, -0.1) is 0 Å². The number of nitrogens with zero attached hydrogens (tertiary/aromatic N) is 4. The molecule has 4 nitrogen and oxygen atoms in total. The van der Waals surface area contributed by atoms with Crippen molar-refractivity contribution in [1.29, 1.82) is 0 Å². The fourth-order valence-corrected chi connectivity index (χ4v) is 8.18. The maximum Gasteiger partial charge on any atom is 0.235 e. The second-order valence-corrected chi connectivity index (χ2v) is 13.5. The predicted molar refractivity (Wildman–Crippen MR) is 211 cm³/mol. The van der Waals surface area contributed by atoms with E-state index in [2.05, 4.69) is 180 Å². The molecule has 0 N–H and O–H groups in total. The Labute approximate surface area is 296 Å². The van der Waals surface area contributed by atoms with Gasteiger partial charge in [-0.05, 0) is 65.6 Å². The summed E-state index contributed by atoms with van der Waals surface area (Å²) in [5, 5.41) is 3.79. The van der Waals surface area contributed by atoms with Crippen LogP contribution in [-0.4, -0.2) is 19.1 Å². The molecule has 0 radical (unpaired) electrons. The highest BCUT2D eigenvalue weighted by Gasteiger charge is 2.31. The van der Waals surface area contributed by atoms with E-state index in [-0.39, 0.29) is 11.8 Å². The Bertz CT molecular complexity index is 2700. The molecule has 0 saturated heterocycles. The van der Waals surface area contributed by atoms with Crippen molar-refractivity contribution in [2.24, 2.45) is 0 Å². The number of aromatic nitrogens is 4. The number of rotatable bonds is 5. The molecule has 9 aromatic rings. The fourth-order valence-electron chi connectivity index (χ4n) is 8.18. The normalized spacial score (nSPS) is 15.5. The SMILES string of the molecule is CC1c2c(n(-c3nc(-c4ccccc4)cc(-c4ccccc4)n3)c3ccccc23)C=CC1c1ccc2c(c1)c1ccccc1n2-c1ccccc1. The van der Waals surface area contributed by atoms with Crippen molar-refractivity contribution in [3.05, 3.63) is 187 Å². The average Bonchev–Trinajstić information content (AvgIpc) is 3.72. The third-order valence-electron chi connectivity index (χ3n) is 10.6. The van der Waals surface area contributed by atoms with Crippen LogP contribution in [0.2, 0.25) is 0 Å². The van der Waals surface area contributed by atoms with Gasteiger partial charge in [-0.25, -0.2) is 9.97 Å². The summed E-state index contributed by atoms with van der Waals surface area (Å²) in [6.07, 6.45) is 4.69. The average molecular weight is 655 g/mol. The summed E-state index contributed by atoms with van der Waals surface area (Å²) in [6.45, 7) is 2.37. The van der Waals surface area contributed by atoms with Gasteiger partial charge in [0, 0.05) is 38.9 Å². The van der Waals surface area contributed by atoms with Crippen molar-refractivity contribution in [2.45, 2.75) is 18.8 Å². The van der Waals surface area contributed by atoms with Gasteiger partial charge in [-0.2, -0.15) is 0 Å². The van der Waals surface area contributed by atoms with Gasteiger partial charge in [0.2, 0.25) is 5.95 Å². The molecule has 4 heteroatoms. The monoisotopic (exact) mass is 654 g/mol. The summed E-state index contributed by atoms with van der Waals surface area (Å²) in [6, 6.07) is 58.1. The Morgan fingerprint density at radius 3 is 1.71 bits per heavy atom. The molecular weight excluding hydrogens is 621 g/mol. The summed E-state index contributed by atoms with van der Waals surface area (Å²) in [7, 11) is 0. The van der Waals surface area contributed by atoms with Crippen LogP contribution in [0.15, 0.2) is 170 Å². The van der Waals surface area contributed by atoms with Crippen LogP contribution < -0.4 is 0 Å². The van der Waals surface area contributed by atoms with E-state index in [1.165, 1.54) is 44.0 Å². The molecule has 2 unspecified atom stereocenters. The number of para-hydroxylation sites is 3. The quantitative estimate of drug-likeness (QED) is 0.185. The molecule has 3 heterocycles. The highest BCUT2D eigenvalue weighted by Crippen LogP contribution is 2.46. The smallest absolute Gasteiger partial charge is 0.235 e. The third kappa shape index (κ3) is 4.75. The minimum atomic E-state index is 0.205. The maximum atomic E-state index is 5.24. The van der Waals surface area contributed by atoms with Gasteiger partial charge in [-0.3, -0.25) is 4.57 Å². The number of hydrogen-bond acceptors (Lipinski definition) is 2. The van der Waals surface area contributed by atoms with E-state index in [1.54, 1.807) is 0 Å². The third-order valence-corrected chi connectivity index (χ3v) is 10.6. The van der Waals surface area contributed by atoms with Gasteiger partial charge in [0.1, 0.15) is 0 Å². The Morgan fingerprint density at radius 2 is 1.04 bits per heavy atom. The Kier molecular flexibility index (Phi) is 6.81. The van der Waals surface area contributed by atoms with Crippen LogP contribution in [0.3, 0.4) is 0 Å². The van der Waals surface area contributed by atoms with Crippen molar-refractivity contribution in [3.63, 3.8) is 0 Å². The lowest BCUT2D eigenvalue weighted by Crippen LogP contribution is -2.13. The first kappa shape index (κ1) is 29.4. The van der Waals surface area contributed by atoms with Crippen molar-refractivity contribution >= 4 is 38.8 Å². The molecule has 2 atom stereocenters. The molecule has 1 aliphatic carbocycles. The zero-order valence-corrected chi connectivity index (χ0v) is 28.2. The van der Waals surface area contributed by atoms with Crippen molar-refractivity contribution in [3.8, 4) is 34.2 Å². The number of hydrogen-bond donors (Lipinski definition) is 0. The largest absolute Gasteiger partial charge is 0.309 e. The van der Waals surface area contributed by atoms with Gasteiger partial charge in [0.25, 0.3) is 0 Å². The Hall–Kier alpha value is -6.52. The first-order valence-electron chi connectivity index (χ1n) is 17.6. The Balaban J connectivity index is 1.14. The second kappa shape index (κ2) is 11.8. The molecule has 0 spiro atoms. The highest BCUT2D eigenvalue weighted by molar-refractivity contribution is 6.09. The van der Waals surface area contributed by atoms with Crippen molar-refractivity contribution < 1.29 is 0 Å². The number of fused-ring (bicyclic) bond motifs is 6. The van der Waals surface area contributed by atoms with Gasteiger partial charge in [0.05, 0.1) is 33.6 Å². The van der Waals surface area contributed by atoms with Crippen LogP contribution in [-0.2, 0) is 0 Å². The molecule has 0 fully saturated rings. The molecule has 10 rings (SSSR count). The first-order chi connectivity index (χ1) is 25.2. The topological polar surface area (TPSA) is 35.6 Å². The molecule has 0 amide bonds. The van der Waals surface area contributed by atoms with E-state index in [0.29, 0.717) is 5.95 Å². The van der Waals surface area contributed by atoms with E-state index in [1.807, 2.05) is 12.1 Å². The summed E-state index contributed by atoms with van der Waals surface area (Å²) in [5.74, 6) is 1.11. The summed E-state index contributed by atoms with van der Waals surface area (Å²) in [5.41, 5.74) is 12.5. The van der Waals surface area contributed by atoms with E-state index in [0.717, 1.165) is 33.7 Å². The molecule has 1 aliphatic rings. The van der Waals surface area contributed by atoms with Gasteiger partial charge < -0.3 is 4.57 Å². The number of benzene rings is 6. The van der Waals surface area contributed by atoms with Gasteiger partial charge >= 0.3 is 0 Å². The standard InChI is InChI=1S/C47H34N4/c1-31-36(34-25-27-44-39(29-34)37-21-11-13-23-42(37)50(44)35-19-9-4-10-20-35)26-28-45-46(31)38-22-12-14-24-43(38)51(45)47-48-40(32-15-5-2-6-16-32)30-41(49-47)33-17-7-3-8-18-33/h2-31,36H,1H3. The lowest BCUT2D eigenvalue weighted by Gasteiger charge is -2.26. The predicted octanol–water partition coefficient (Wildman–Crippen LogP) is 11.8. The van der Waals surface area contributed by atoms with Crippen LogP contribution in [0, 0.1) is 0 Å². The Morgan fingerprint density at radius 1 is 0.490 bits per heavy atom. The highest BCUT2D eigenvalue weighted by atomic mass is 15.2.